The van der Waals surface area contributed by atoms with Crippen molar-refractivity contribution in [2.75, 3.05) is 14.2 Å². The van der Waals surface area contributed by atoms with Crippen LogP contribution in [0.1, 0.15) is 5.89 Å². The molecule has 0 unspecified atom stereocenters. The topological polar surface area (TPSA) is 83.4 Å². The highest BCUT2D eigenvalue weighted by molar-refractivity contribution is 9.10. The predicted molar refractivity (Wildman–Crippen MR) is 68.4 cm³/mol. The Morgan fingerprint density at radius 3 is 2.67 bits per heavy atom. The third-order valence-electron chi connectivity index (χ3n) is 2.33. The Bertz CT molecular complexity index is 556. The molecule has 0 radical (unpaired) electrons. The van der Waals surface area contributed by atoms with Gasteiger partial charge in [-0.15, -0.1) is 0 Å². The van der Waals surface area contributed by atoms with E-state index in [0.29, 0.717) is 23.2 Å². The third-order valence-corrected chi connectivity index (χ3v) is 2.92. The molecule has 1 aromatic heterocycles. The van der Waals surface area contributed by atoms with Crippen molar-refractivity contribution in [3.05, 3.63) is 22.5 Å². The summed E-state index contributed by atoms with van der Waals surface area (Å²) in [7, 11) is 3.14. The second-order valence-electron chi connectivity index (χ2n) is 3.41. The second kappa shape index (κ2) is 5.36. The van der Waals surface area contributed by atoms with Crippen LogP contribution in [0.25, 0.3) is 11.4 Å². The Balaban J connectivity index is 2.48. The molecule has 0 amide bonds. The number of halogens is 1. The molecule has 0 saturated carbocycles. The van der Waals surface area contributed by atoms with Crippen LogP contribution in [0.2, 0.25) is 0 Å². The quantitative estimate of drug-likeness (QED) is 0.929. The van der Waals surface area contributed by atoms with Gasteiger partial charge in [-0.2, -0.15) is 4.98 Å². The lowest BCUT2D eigenvalue weighted by Crippen LogP contribution is -1.96. The van der Waals surface area contributed by atoms with Gasteiger partial charge in [-0.25, -0.2) is 0 Å². The van der Waals surface area contributed by atoms with Gasteiger partial charge in [-0.3, -0.25) is 0 Å². The highest BCUT2D eigenvalue weighted by atomic mass is 79.9. The van der Waals surface area contributed by atoms with Gasteiger partial charge in [0.1, 0.15) is 0 Å². The highest BCUT2D eigenvalue weighted by Gasteiger charge is 2.14. The molecule has 0 atom stereocenters. The Morgan fingerprint density at radius 2 is 2.11 bits per heavy atom. The minimum atomic E-state index is 0.210. The molecule has 1 heterocycles. The van der Waals surface area contributed by atoms with Crippen LogP contribution in [0.15, 0.2) is 21.1 Å². The zero-order chi connectivity index (χ0) is 13.1. The number of nitrogens with two attached hydrogens (primary N) is 1. The molecule has 0 bridgehead atoms. The average Bonchev–Trinajstić information content (AvgIpc) is 2.86. The maximum absolute atomic E-state index is 5.42. The van der Waals surface area contributed by atoms with E-state index in [1.54, 1.807) is 20.3 Å². The largest absolute Gasteiger partial charge is 0.493 e. The minimum Gasteiger partial charge on any atom is -0.493 e. The molecule has 6 nitrogen and oxygen atoms in total. The van der Waals surface area contributed by atoms with Gasteiger partial charge < -0.3 is 19.7 Å². The molecule has 18 heavy (non-hydrogen) atoms. The summed E-state index contributed by atoms with van der Waals surface area (Å²) in [6.45, 7) is 0.210. The van der Waals surface area contributed by atoms with Crippen LogP contribution in [0.3, 0.4) is 0 Å². The lowest BCUT2D eigenvalue weighted by molar-refractivity contribution is 0.353. The van der Waals surface area contributed by atoms with Crippen molar-refractivity contribution in [3.63, 3.8) is 0 Å². The molecular weight excluding hydrogens is 302 g/mol. The van der Waals surface area contributed by atoms with E-state index in [9.17, 15) is 0 Å². The maximum atomic E-state index is 5.42. The van der Waals surface area contributed by atoms with E-state index in [-0.39, 0.29) is 6.54 Å². The Hall–Kier alpha value is -1.60. The molecule has 2 rings (SSSR count). The summed E-state index contributed by atoms with van der Waals surface area (Å²) in [5.74, 6) is 2.04. The van der Waals surface area contributed by atoms with Crippen LogP contribution in [-0.4, -0.2) is 24.4 Å². The summed E-state index contributed by atoms with van der Waals surface area (Å²) in [6, 6.07) is 3.60. The van der Waals surface area contributed by atoms with Gasteiger partial charge in [0.15, 0.2) is 11.5 Å². The van der Waals surface area contributed by atoms with E-state index in [4.69, 9.17) is 19.7 Å². The Kier molecular flexibility index (Phi) is 3.83. The van der Waals surface area contributed by atoms with E-state index in [1.807, 2.05) is 6.07 Å². The fraction of sp³-hybridized carbons (Fsp3) is 0.273. The molecule has 96 valence electrons. The fourth-order valence-electron chi connectivity index (χ4n) is 1.50. The van der Waals surface area contributed by atoms with Gasteiger partial charge in [0.25, 0.3) is 0 Å². The number of methoxy groups -OCH3 is 2. The highest BCUT2D eigenvalue weighted by Crippen LogP contribution is 2.38. The lowest BCUT2D eigenvalue weighted by Gasteiger charge is -2.10. The molecule has 0 saturated heterocycles. The van der Waals surface area contributed by atoms with Crippen molar-refractivity contribution in [1.82, 2.24) is 10.1 Å². The predicted octanol–water partition coefficient (Wildman–Crippen LogP) is 1.98. The van der Waals surface area contributed by atoms with E-state index < -0.39 is 0 Å². The molecule has 7 heteroatoms. The molecule has 1 aromatic carbocycles. The van der Waals surface area contributed by atoms with Crippen molar-refractivity contribution >= 4 is 15.9 Å². The summed E-state index contributed by atoms with van der Waals surface area (Å²) in [5, 5.41) is 3.85. The van der Waals surface area contributed by atoms with Crippen molar-refractivity contribution in [2.45, 2.75) is 6.54 Å². The van der Waals surface area contributed by atoms with E-state index in [1.165, 1.54) is 0 Å². The molecule has 2 N–H and O–H groups in total. The molecule has 0 aliphatic rings. The molecule has 2 aromatic rings. The number of aromatic nitrogens is 2. The lowest BCUT2D eigenvalue weighted by atomic mass is 10.2. The summed E-state index contributed by atoms with van der Waals surface area (Å²) < 4.78 is 16.2. The smallest absolute Gasteiger partial charge is 0.240 e. The van der Waals surface area contributed by atoms with Gasteiger partial charge in [0.05, 0.1) is 25.2 Å². The van der Waals surface area contributed by atoms with Crippen LogP contribution < -0.4 is 15.2 Å². The van der Waals surface area contributed by atoms with Crippen LogP contribution in [0.4, 0.5) is 0 Å². The average molecular weight is 314 g/mol. The van der Waals surface area contributed by atoms with E-state index in [0.717, 1.165) is 10.0 Å². The summed E-state index contributed by atoms with van der Waals surface area (Å²) in [6.07, 6.45) is 0. The van der Waals surface area contributed by atoms with Gasteiger partial charge in [0, 0.05) is 5.56 Å². The molecular formula is C11H12BrN3O3. The first-order chi connectivity index (χ1) is 8.69. The number of benzene rings is 1. The number of ether oxygens (including phenoxy) is 2. The van der Waals surface area contributed by atoms with Gasteiger partial charge >= 0.3 is 0 Å². The van der Waals surface area contributed by atoms with Gasteiger partial charge in [-0.1, -0.05) is 5.16 Å². The van der Waals surface area contributed by atoms with Crippen molar-refractivity contribution in [3.8, 4) is 22.9 Å². The number of nitrogens with zero attached hydrogens (tertiary/aromatic N) is 2. The van der Waals surface area contributed by atoms with Gasteiger partial charge in [-0.05, 0) is 28.1 Å². The Labute approximate surface area is 112 Å². The van der Waals surface area contributed by atoms with Crippen molar-refractivity contribution in [2.24, 2.45) is 5.73 Å². The summed E-state index contributed by atoms with van der Waals surface area (Å²) in [4.78, 5) is 4.15. The molecule has 0 aliphatic heterocycles. The van der Waals surface area contributed by atoms with Crippen molar-refractivity contribution < 1.29 is 14.0 Å². The fourth-order valence-corrected chi connectivity index (χ4v) is 2.11. The molecule has 0 fully saturated rings. The van der Waals surface area contributed by atoms with Crippen LogP contribution >= 0.6 is 15.9 Å². The zero-order valence-electron chi connectivity index (χ0n) is 9.94. The SMILES string of the molecule is COc1cc(-c2noc(CN)n2)cc(Br)c1OC. The third kappa shape index (κ3) is 2.32. The van der Waals surface area contributed by atoms with E-state index >= 15 is 0 Å². The normalized spacial score (nSPS) is 10.4. The van der Waals surface area contributed by atoms with Crippen LogP contribution in [0.5, 0.6) is 11.5 Å². The first kappa shape index (κ1) is 12.8. The standard InChI is InChI=1S/C11H12BrN3O3/c1-16-8-4-6(3-7(12)10(8)17-2)11-14-9(5-13)18-15-11/h3-4H,5,13H2,1-2H3. The minimum absolute atomic E-state index is 0.210. The zero-order valence-corrected chi connectivity index (χ0v) is 11.5. The monoisotopic (exact) mass is 313 g/mol. The van der Waals surface area contributed by atoms with Crippen LogP contribution in [0, 0.1) is 0 Å². The second-order valence-corrected chi connectivity index (χ2v) is 4.26. The number of hydrogen-bond acceptors (Lipinski definition) is 6. The van der Waals surface area contributed by atoms with Gasteiger partial charge in [0.2, 0.25) is 11.7 Å². The summed E-state index contributed by atoms with van der Waals surface area (Å²) in [5.41, 5.74) is 6.18. The first-order valence-corrected chi connectivity index (χ1v) is 5.93. The van der Waals surface area contributed by atoms with E-state index in [2.05, 4.69) is 26.1 Å². The van der Waals surface area contributed by atoms with Crippen molar-refractivity contribution in [1.29, 1.82) is 0 Å². The number of rotatable bonds is 4. The molecule has 0 spiro atoms. The maximum Gasteiger partial charge on any atom is 0.240 e. The van der Waals surface area contributed by atoms with Crippen LogP contribution in [-0.2, 0) is 6.54 Å². The molecule has 0 aliphatic carbocycles. The Morgan fingerprint density at radius 1 is 1.33 bits per heavy atom. The first-order valence-electron chi connectivity index (χ1n) is 5.14. The number of hydrogen-bond donors (Lipinski definition) is 1. The summed E-state index contributed by atoms with van der Waals surface area (Å²) >= 11 is 3.40.